The SMILES string of the molecule is FC(F)(F)c1ccc([C@]23C[C@H]2CN(CCCSc2nnc(-c4ccc(Cl)cc4)o2)C3)cc1. The molecule has 2 aliphatic rings. The number of fused-ring (bicyclic) bond motifs is 1. The average Bonchev–Trinajstić information content (AvgIpc) is 3.11. The van der Waals surface area contributed by atoms with E-state index in [1.807, 2.05) is 12.1 Å². The van der Waals surface area contributed by atoms with Crippen molar-refractivity contribution in [3.8, 4) is 11.5 Å². The van der Waals surface area contributed by atoms with Gasteiger partial charge in [-0.3, -0.25) is 0 Å². The highest BCUT2D eigenvalue weighted by Gasteiger charge is 2.60. The number of aromatic nitrogens is 2. The lowest BCUT2D eigenvalue weighted by molar-refractivity contribution is -0.137. The summed E-state index contributed by atoms with van der Waals surface area (Å²) < 4.78 is 44.2. The molecule has 32 heavy (non-hydrogen) atoms. The summed E-state index contributed by atoms with van der Waals surface area (Å²) in [5.74, 6) is 1.88. The zero-order chi connectivity index (χ0) is 22.3. The van der Waals surface area contributed by atoms with Crippen LogP contribution in [0.4, 0.5) is 13.2 Å². The molecule has 0 amide bonds. The molecule has 2 atom stereocenters. The van der Waals surface area contributed by atoms with E-state index in [1.54, 1.807) is 24.3 Å². The van der Waals surface area contributed by atoms with Crippen LogP contribution in [0.25, 0.3) is 11.5 Å². The Kier molecular flexibility index (Phi) is 5.72. The molecule has 2 heterocycles. The highest BCUT2D eigenvalue weighted by atomic mass is 35.5. The van der Waals surface area contributed by atoms with E-state index in [4.69, 9.17) is 16.0 Å². The van der Waals surface area contributed by atoms with Gasteiger partial charge in [-0.25, -0.2) is 0 Å². The van der Waals surface area contributed by atoms with Crippen LogP contribution in [-0.4, -0.2) is 40.5 Å². The summed E-state index contributed by atoms with van der Waals surface area (Å²) in [4.78, 5) is 2.42. The number of hydrogen-bond acceptors (Lipinski definition) is 5. The van der Waals surface area contributed by atoms with Gasteiger partial charge in [0.05, 0.1) is 5.56 Å². The van der Waals surface area contributed by atoms with Crippen molar-refractivity contribution < 1.29 is 17.6 Å². The van der Waals surface area contributed by atoms with Gasteiger partial charge in [-0.15, -0.1) is 10.2 Å². The number of hydrogen-bond donors (Lipinski definition) is 0. The lowest BCUT2D eigenvalue weighted by atomic mass is 9.94. The second-order valence-electron chi connectivity index (χ2n) is 8.45. The molecule has 1 saturated carbocycles. The predicted octanol–water partition coefficient (Wildman–Crippen LogP) is 6.16. The summed E-state index contributed by atoms with van der Waals surface area (Å²) in [6.07, 6.45) is -2.25. The topological polar surface area (TPSA) is 42.2 Å². The highest BCUT2D eigenvalue weighted by Crippen LogP contribution is 2.59. The molecule has 4 nitrogen and oxygen atoms in total. The van der Waals surface area contributed by atoms with Crippen LogP contribution < -0.4 is 0 Å². The molecule has 1 aliphatic carbocycles. The Balaban J connectivity index is 1.09. The monoisotopic (exact) mass is 479 g/mol. The van der Waals surface area contributed by atoms with Crippen LogP contribution in [0.2, 0.25) is 5.02 Å². The molecule has 0 spiro atoms. The van der Waals surface area contributed by atoms with Crippen LogP contribution >= 0.6 is 23.4 Å². The molecule has 3 aromatic rings. The molecule has 1 aromatic heterocycles. The molecule has 0 bridgehead atoms. The molecular weight excluding hydrogens is 459 g/mol. The van der Waals surface area contributed by atoms with Gasteiger partial charge < -0.3 is 9.32 Å². The molecule has 2 fully saturated rings. The van der Waals surface area contributed by atoms with E-state index in [0.29, 0.717) is 22.1 Å². The van der Waals surface area contributed by atoms with E-state index in [9.17, 15) is 13.2 Å². The molecule has 2 aromatic carbocycles. The lowest BCUT2D eigenvalue weighted by Crippen LogP contribution is -2.28. The van der Waals surface area contributed by atoms with Gasteiger partial charge in [0.1, 0.15) is 0 Å². The van der Waals surface area contributed by atoms with Crippen molar-refractivity contribution in [2.24, 2.45) is 5.92 Å². The summed E-state index contributed by atoms with van der Waals surface area (Å²) >= 11 is 7.44. The number of benzene rings is 2. The summed E-state index contributed by atoms with van der Waals surface area (Å²) in [5.41, 5.74) is 1.32. The number of alkyl halides is 3. The number of rotatable bonds is 7. The minimum atomic E-state index is -4.29. The molecule has 1 aliphatic heterocycles. The molecule has 1 saturated heterocycles. The van der Waals surface area contributed by atoms with Crippen molar-refractivity contribution in [1.82, 2.24) is 15.1 Å². The first-order valence-electron chi connectivity index (χ1n) is 10.5. The third-order valence-corrected chi connectivity index (χ3v) is 7.50. The standard InChI is InChI=1S/C23H21ClF3N3OS/c24-19-8-2-15(3-9-19)20-28-29-21(31-20)32-11-1-10-30-13-18-12-22(18,14-30)16-4-6-17(7-5-16)23(25,26)27/h2-9,18H,1,10-14H2/t18-,22+/m0/s1. The van der Waals surface area contributed by atoms with Crippen LogP contribution in [0, 0.1) is 5.92 Å². The second kappa shape index (κ2) is 8.39. The highest BCUT2D eigenvalue weighted by molar-refractivity contribution is 7.99. The van der Waals surface area contributed by atoms with Crippen LogP contribution in [0.3, 0.4) is 0 Å². The summed E-state index contributed by atoms with van der Waals surface area (Å²) in [5, 5.41) is 9.39. The molecule has 5 rings (SSSR count). The Morgan fingerprint density at radius 3 is 2.56 bits per heavy atom. The Morgan fingerprint density at radius 2 is 1.84 bits per heavy atom. The minimum Gasteiger partial charge on any atom is -0.411 e. The van der Waals surface area contributed by atoms with E-state index in [0.717, 1.165) is 49.4 Å². The minimum absolute atomic E-state index is 0.0389. The van der Waals surface area contributed by atoms with E-state index in [1.165, 1.54) is 23.9 Å². The first-order chi connectivity index (χ1) is 15.3. The maximum atomic E-state index is 12.8. The van der Waals surface area contributed by atoms with Crippen molar-refractivity contribution in [3.05, 3.63) is 64.7 Å². The van der Waals surface area contributed by atoms with Crippen molar-refractivity contribution in [1.29, 1.82) is 0 Å². The van der Waals surface area contributed by atoms with Gasteiger partial charge in [-0.2, -0.15) is 13.2 Å². The van der Waals surface area contributed by atoms with Crippen LogP contribution in [-0.2, 0) is 11.6 Å². The molecule has 168 valence electrons. The van der Waals surface area contributed by atoms with E-state index < -0.39 is 11.7 Å². The fourth-order valence-electron chi connectivity index (χ4n) is 4.62. The maximum absolute atomic E-state index is 12.8. The van der Waals surface area contributed by atoms with Crippen molar-refractivity contribution in [2.75, 3.05) is 25.4 Å². The zero-order valence-electron chi connectivity index (χ0n) is 17.1. The lowest BCUT2D eigenvalue weighted by Gasteiger charge is -2.21. The number of halogens is 4. The van der Waals surface area contributed by atoms with Gasteiger partial charge in [0.2, 0.25) is 5.89 Å². The zero-order valence-corrected chi connectivity index (χ0v) is 18.7. The van der Waals surface area contributed by atoms with E-state index >= 15 is 0 Å². The molecule has 9 heteroatoms. The van der Waals surface area contributed by atoms with Gasteiger partial charge >= 0.3 is 6.18 Å². The van der Waals surface area contributed by atoms with Crippen molar-refractivity contribution in [3.63, 3.8) is 0 Å². The third kappa shape index (κ3) is 4.40. The van der Waals surface area contributed by atoms with Gasteiger partial charge in [0.25, 0.3) is 5.22 Å². The first-order valence-corrected chi connectivity index (χ1v) is 11.8. The molecule has 0 unspecified atom stereocenters. The number of nitrogens with zero attached hydrogens (tertiary/aromatic N) is 3. The number of likely N-dealkylation sites (tertiary alicyclic amines) is 1. The number of piperidine rings is 1. The summed E-state index contributed by atoms with van der Waals surface area (Å²) in [6.45, 7) is 2.87. The van der Waals surface area contributed by atoms with Gasteiger partial charge in [-0.1, -0.05) is 35.5 Å². The Hall–Kier alpha value is -2.03. The van der Waals surface area contributed by atoms with E-state index in [2.05, 4.69) is 15.1 Å². The second-order valence-corrected chi connectivity index (χ2v) is 9.93. The van der Waals surface area contributed by atoms with Crippen molar-refractivity contribution >= 4 is 23.4 Å². The normalized spacial score (nSPS) is 22.8. The Bertz CT molecular complexity index is 1090. The van der Waals surface area contributed by atoms with Gasteiger partial charge in [-0.05, 0) is 67.3 Å². The maximum Gasteiger partial charge on any atom is 0.416 e. The van der Waals surface area contributed by atoms with Crippen molar-refractivity contribution in [2.45, 2.75) is 29.7 Å². The summed E-state index contributed by atoms with van der Waals surface area (Å²) in [7, 11) is 0. The average molecular weight is 480 g/mol. The van der Waals surface area contributed by atoms with Crippen LogP contribution in [0.1, 0.15) is 24.0 Å². The predicted molar refractivity (Wildman–Crippen MR) is 118 cm³/mol. The first kappa shape index (κ1) is 21.8. The Labute approximate surface area is 193 Å². The van der Waals surface area contributed by atoms with Gasteiger partial charge in [0.15, 0.2) is 0 Å². The Morgan fingerprint density at radius 1 is 1.09 bits per heavy atom. The van der Waals surface area contributed by atoms with Crippen LogP contribution in [0.15, 0.2) is 58.2 Å². The fourth-order valence-corrected chi connectivity index (χ4v) is 5.43. The van der Waals surface area contributed by atoms with Crippen LogP contribution in [0.5, 0.6) is 0 Å². The molecule has 0 radical (unpaired) electrons. The molecular formula is C23H21ClF3N3OS. The van der Waals surface area contributed by atoms with E-state index in [-0.39, 0.29) is 5.41 Å². The third-order valence-electron chi connectivity index (χ3n) is 6.35. The smallest absolute Gasteiger partial charge is 0.411 e. The number of thioether (sulfide) groups is 1. The van der Waals surface area contributed by atoms with Gasteiger partial charge in [0, 0.05) is 34.8 Å². The summed E-state index contributed by atoms with van der Waals surface area (Å²) in [6, 6.07) is 13.0. The fraction of sp³-hybridized carbons (Fsp3) is 0.391. The quantitative estimate of drug-likeness (QED) is 0.299. The molecule has 0 N–H and O–H groups in total. The largest absolute Gasteiger partial charge is 0.416 e.